The maximum Gasteiger partial charge on any atom is 0.0358 e. The predicted molar refractivity (Wildman–Crippen MR) is 49.3 cm³/mol. The molecular formula is C10H17N. The quantitative estimate of drug-likeness (QED) is 0.607. The molecule has 0 aromatic heterocycles. The van der Waals surface area contributed by atoms with Crippen LogP contribution >= 0.6 is 0 Å². The molecular weight excluding hydrogens is 134 g/mol. The first-order valence-corrected chi connectivity index (χ1v) is 4.23. The van der Waals surface area contributed by atoms with E-state index in [4.69, 9.17) is 0 Å². The second-order valence-corrected chi connectivity index (χ2v) is 3.56. The minimum absolute atomic E-state index is 0.661. The summed E-state index contributed by atoms with van der Waals surface area (Å²) in [6.07, 6.45) is 2.11. The zero-order valence-corrected chi connectivity index (χ0v) is 7.86. The Morgan fingerprint density at radius 1 is 1.36 bits per heavy atom. The molecule has 0 bridgehead atoms. The van der Waals surface area contributed by atoms with Gasteiger partial charge in [-0.2, -0.15) is 0 Å². The average molecular weight is 151 g/mol. The van der Waals surface area contributed by atoms with Crippen molar-refractivity contribution in [2.45, 2.75) is 27.7 Å². The van der Waals surface area contributed by atoms with E-state index in [1.807, 2.05) is 0 Å². The van der Waals surface area contributed by atoms with Crippen molar-refractivity contribution in [3.05, 3.63) is 22.9 Å². The lowest BCUT2D eigenvalue weighted by Gasteiger charge is -2.21. The van der Waals surface area contributed by atoms with Crippen LogP contribution in [0.15, 0.2) is 22.9 Å². The van der Waals surface area contributed by atoms with Crippen molar-refractivity contribution >= 4 is 0 Å². The molecule has 0 saturated heterocycles. The Kier molecular flexibility index (Phi) is 2.38. The van der Waals surface area contributed by atoms with Crippen molar-refractivity contribution in [1.82, 2.24) is 5.32 Å². The van der Waals surface area contributed by atoms with Crippen LogP contribution in [0.2, 0.25) is 0 Å². The van der Waals surface area contributed by atoms with E-state index in [1.54, 1.807) is 0 Å². The summed E-state index contributed by atoms with van der Waals surface area (Å²) in [5.41, 5.74) is 4.41. The highest BCUT2D eigenvalue weighted by molar-refractivity contribution is 5.37. The van der Waals surface area contributed by atoms with Gasteiger partial charge in [-0.1, -0.05) is 19.4 Å². The maximum atomic E-state index is 3.25. The Morgan fingerprint density at radius 3 is 2.36 bits per heavy atom. The Balaban J connectivity index is 2.94. The molecule has 0 aliphatic carbocycles. The molecule has 1 rings (SSSR count). The number of hydrogen-bond acceptors (Lipinski definition) is 1. The van der Waals surface area contributed by atoms with E-state index < -0.39 is 0 Å². The fourth-order valence-corrected chi connectivity index (χ4v) is 1.81. The van der Waals surface area contributed by atoms with Gasteiger partial charge in [-0.15, -0.1) is 0 Å². The Hall–Kier alpha value is -0.720. The van der Waals surface area contributed by atoms with Gasteiger partial charge in [0.25, 0.3) is 0 Å². The van der Waals surface area contributed by atoms with Crippen LogP contribution in [0.25, 0.3) is 0 Å². The summed E-state index contributed by atoms with van der Waals surface area (Å²) in [6.45, 7) is 9.90. The third-order valence-electron chi connectivity index (χ3n) is 2.15. The zero-order chi connectivity index (χ0) is 8.43. The van der Waals surface area contributed by atoms with Crippen molar-refractivity contribution in [3.63, 3.8) is 0 Å². The lowest BCUT2D eigenvalue weighted by molar-refractivity contribution is 0.732. The number of hydrogen-bond donors (Lipinski definition) is 1. The number of dihydropyridines is 1. The van der Waals surface area contributed by atoms with Gasteiger partial charge in [-0.3, -0.25) is 0 Å². The van der Waals surface area contributed by atoms with Gasteiger partial charge in [0.1, 0.15) is 0 Å². The van der Waals surface area contributed by atoms with Crippen molar-refractivity contribution in [1.29, 1.82) is 0 Å². The van der Waals surface area contributed by atoms with E-state index in [2.05, 4.69) is 39.2 Å². The second-order valence-electron chi connectivity index (χ2n) is 3.56. The van der Waals surface area contributed by atoms with Gasteiger partial charge in [-0.05, 0) is 37.1 Å². The molecule has 1 aliphatic rings. The Labute approximate surface area is 69.2 Å². The molecule has 0 fully saturated rings. The van der Waals surface area contributed by atoms with Crippen LogP contribution in [0.3, 0.4) is 0 Å². The molecule has 1 heterocycles. The van der Waals surface area contributed by atoms with Gasteiger partial charge in [0.05, 0.1) is 0 Å². The van der Waals surface area contributed by atoms with Crippen LogP contribution in [-0.4, -0.2) is 6.54 Å². The molecule has 0 atom stereocenters. The third-order valence-corrected chi connectivity index (χ3v) is 2.15. The number of nitrogens with one attached hydrogen (secondary N) is 1. The van der Waals surface area contributed by atoms with Crippen molar-refractivity contribution < 1.29 is 0 Å². The largest absolute Gasteiger partial charge is 0.387 e. The van der Waals surface area contributed by atoms with Crippen LogP contribution in [0.1, 0.15) is 27.7 Å². The summed E-state index contributed by atoms with van der Waals surface area (Å²) in [4.78, 5) is 0. The lowest BCUT2D eigenvalue weighted by atomic mass is 9.90. The first kappa shape index (κ1) is 8.38. The molecule has 0 radical (unpaired) electrons. The molecule has 0 aromatic rings. The SMILES string of the molecule is CC1=CNCC(C)=C1C(C)C. The standard InChI is InChI=1S/C10H17N/c1-7(2)10-8(3)5-11-6-9(10)4/h5,7,11H,6H2,1-4H3. The smallest absolute Gasteiger partial charge is 0.0358 e. The molecule has 11 heavy (non-hydrogen) atoms. The van der Waals surface area contributed by atoms with Crippen LogP contribution in [-0.2, 0) is 0 Å². The molecule has 0 aromatic carbocycles. The minimum atomic E-state index is 0.661. The summed E-state index contributed by atoms with van der Waals surface area (Å²) < 4.78 is 0. The van der Waals surface area contributed by atoms with Crippen LogP contribution < -0.4 is 5.32 Å². The normalized spacial score (nSPS) is 18.5. The van der Waals surface area contributed by atoms with Crippen LogP contribution in [0.4, 0.5) is 0 Å². The molecule has 1 nitrogen and oxygen atoms in total. The van der Waals surface area contributed by atoms with Crippen molar-refractivity contribution in [2.24, 2.45) is 5.92 Å². The second kappa shape index (κ2) is 3.12. The molecule has 1 N–H and O–H groups in total. The van der Waals surface area contributed by atoms with Gasteiger partial charge < -0.3 is 5.32 Å². The highest BCUT2D eigenvalue weighted by Crippen LogP contribution is 2.24. The fraction of sp³-hybridized carbons (Fsp3) is 0.600. The fourth-order valence-electron chi connectivity index (χ4n) is 1.81. The van der Waals surface area contributed by atoms with Gasteiger partial charge in [-0.25, -0.2) is 0 Å². The Bertz CT molecular complexity index is 209. The monoisotopic (exact) mass is 151 g/mol. The molecule has 62 valence electrons. The van der Waals surface area contributed by atoms with Gasteiger partial charge in [0, 0.05) is 6.54 Å². The highest BCUT2D eigenvalue weighted by Gasteiger charge is 2.11. The van der Waals surface area contributed by atoms with Crippen molar-refractivity contribution in [2.75, 3.05) is 6.54 Å². The average Bonchev–Trinajstić information content (AvgIpc) is 1.85. The molecule has 0 unspecified atom stereocenters. The van der Waals surface area contributed by atoms with Crippen LogP contribution in [0, 0.1) is 5.92 Å². The molecule has 0 spiro atoms. The molecule has 0 amide bonds. The summed E-state index contributed by atoms with van der Waals surface area (Å²) in [7, 11) is 0. The Morgan fingerprint density at radius 2 is 2.00 bits per heavy atom. The topological polar surface area (TPSA) is 12.0 Å². The zero-order valence-electron chi connectivity index (χ0n) is 7.86. The van der Waals surface area contributed by atoms with E-state index in [9.17, 15) is 0 Å². The lowest BCUT2D eigenvalue weighted by Crippen LogP contribution is -2.18. The molecule has 1 heteroatoms. The van der Waals surface area contributed by atoms with Gasteiger partial charge in [0.15, 0.2) is 0 Å². The van der Waals surface area contributed by atoms with Crippen molar-refractivity contribution in [3.8, 4) is 0 Å². The van der Waals surface area contributed by atoms with E-state index in [0.29, 0.717) is 5.92 Å². The van der Waals surface area contributed by atoms with E-state index in [-0.39, 0.29) is 0 Å². The predicted octanol–water partition coefficient (Wildman–Crippen LogP) is 2.47. The van der Waals surface area contributed by atoms with E-state index in [0.717, 1.165) is 6.54 Å². The maximum absolute atomic E-state index is 3.25. The highest BCUT2D eigenvalue weighted by atomic mass is 14.8. The minimum Gasteiger partial charge on any atom is -0.387 e. The first-order valence-electron chi connectivity index (χ1n) is 4.23. The third kappa shape index (κ3) is 1.65. The first-order chi connectivity index (χ1) is 5.13. The number of rotatable bonds is 1. The van der Waals surface area contributed by atoms with Gasteiger partial charge in [0.2, 0.25) is 0 Å². The summed E-state index contributed by atoms with van der Waals surface area (Å²) in [5, 5.41) is 3.25. The molecule has 1 aliphatic heterocycles. The molecule has 0 saturated carbocycles. The van der Waals surface area contributed by atoms with E-state index in [1.165, 1.54) is 16.7 Å². The van der Waals surface area contributed by atoms with E-state index >= 15 is 0 Å². The summed E-state index contributed by atoms with van der Waals surface area (Å²) in [5.74, 6) is 0.661. The number of allylic oxidation sites excluding steroid dienone is 2. The van der Waals surface area contributed by atoms with Gasteiger partial charge >= 0.3 is 0 Å². The summed E-state index contributed by atoms with van der Waals surface area (Å²) >= 11 is 0. The van der Waals surface area contributed by atoms with Crippen LogP contribution in [0.5, 0.6) is 0 Å². The summed E-state index contributed by atoms with van der Waals surface area (Å²) in [6, 6.07) is 0.